The van der Waals surface area contributed by atoms with Gasteiger partial charge >= 0.3 is 5.97 Å². The van der Waals surface area contributed by atoms with Crippen LogP contribution in [0.2, 0.25) is 0 Å². The van der Waals surface area contributed by atoms with E-state index in [9.17, 15) is 29.4 Å². The Bertz CT molecular complexity index is 1330. The van der Waals surface area contributed by atoms with Crippen LogP contribution in [0.4, 0.5) is 0 Å². The third-order valence-electron chi connectivity index (χ3n) is 11.5. The lowest BCUT2D eigenvalue weighted by Gasteiger charge is -2.63. The Morgan fingerprint density at radius 1 is 1.07 bits per heavy atom. The van der Waals surface area contributed by atoms with Gasteiger partial charge in [-0.15, -0.1) is 0 Å². The van der Waals surface area contributed by atoms with Gasteiger partial charge < -0.3 is 19.7 Å². The first-order valence-corrected chi connectivity index (χ1v) is 15.5. The van der Waals surface area contributed by atoms with Crippen LogP contribution in [-0.2, 0) is 28.7 Å². The summed E-state index contributed by atoms with van der Waals surface area (Å²) in [6, 6.07) is 0. The number of esters is 1. The summed E-state index contributed by atoms with van der Waals surface area (Å²) in [4.78, 5) is 53.0. The molecular formula is C35H50O8. The van der Waals surface area contributed by atoms with E-state index < -0.39 is 56.6 Å². The summed E-state index contributed by atoms with van der Waals surface area (Å²) in [7, 11) is 0. The van der Waals surface area contributed by atoms with Gasteiger partial charge in [0.05, 0.1) is 17.6 Å². The summed E-state index contributed by atoms with van der Waals surface area (Å²) >= 11 is 0. The van der Waals surface area contributed by atoms with E-state index >= 15 is 0 Å². The van der Waals surface area contributed by atoms with Gasteiger partial charge in [-0.3, -0.25) is 19.2 Å². The van der Waals surface area contributed by atoms with Crippen LogP contribution in [0.15, 0.2) is 35.6 Å². The lowest BCUT2D eigenvalue weighted by molar-refractivity contribution is -0.179. The normalized spacial score (nSPS) is 38.5. The number of aliphatic hydroxyl groups is 2. The standard InChI is InChI=1S/C35H50O8/c1-19(2)42-24-16-22-21(31(6,7)29(24)40)12-13-25-32(8)17-23(37)28(33(32,9)18-27(39)34(22,25)10)35(11,41)26(38)14-15-30(4,5)43-20(3)36/h12,14-16,19,22-23,25,28,37,41H,13,17-18H2,1-11H3/b15-14+/t22-,23-,25+,28+,32+,33-,34+,35+/m1/s1. The zero-order chi connectivity index (χ0) is 32.7. The number of hydrogen-bond acceptors (Lipinski definition) is 8. The molecule has 0 aromatic heterocycles. The predicted molar refractivity (Wildman–Crippen MR) is 161 cm³/mol. The Balaban J connectivity index is 1.78. The molecule has 0 aromatic carbocycles. The first-order valence-electron chi connectivity index (χ1n) is 15.5. The van der Waals surface area contributed by atoms with Crippen molar-refractivity contribution >= 4 is 23.3 Å². The van der Waals surface area contributed by atoms with Crippen molar-refractivity contribution in [2.45, 2.75) is 119 Å². The van der Waals surface area contributed by atoms with Crippen LogP contribution >= 0.6 is 0 Å². The van der Waals surface area contributed by atoms with Crippen LogP contribution in [0, 0.1) is 39.4 Å². The van der Waals surface area contributed by atoms with Gasteiger partial charge in [0.25, 0.3) is 0 Å². The smallest absolute Gasteiger partial charge is 0.303 e. The Hall–Kier alpha value is -2.58. The van der Waals surface area contributed by atoms with Gasteiger partial charge in [0, 0.05) is 30.6 Å². The van der Waals surface area contributed by atoms with Crippen molar-refractivity contribution in [2.75, 3.05) is 0 Å². The molecule has 238 valence electrons. The Labute approximate surface area is 256 Å². The average molecular weight is 599 g/mol. The molecule has 4 aliphatic carbocycles. The largest absolute Gasteiger partial charge is 0.488 e. The maximum atomic E-state index is 14.5. The first kappa shape index (κ1) is 33.3. The second kappa shape index (κ2) is 10.2. The van der Waals surface area contributed by atoms with Crippen LogP contribution in [0.3, 0.4) is 0 Å². The molecule has 2 fully saturated rings. The monoisotopic (exact) mass is 598 g/mol. The number of carbonyl (C=O) groups is 4. The fourth-order valence-electron chi connectivity index (χ4n) is 9.30. The molecule has 2 N–H and O–H groups in total. The Morgan fingerprint density at radius 2 is 1.67 bits per heavy atom. The van der Waals surface area contributed by atoms with E-state index in [1.807, 2.05) is 47.6 Å². The molecule has 0 amide bonds. The van der Waals surface area contributed by atoms with Crippen molar-refractivity contribution in [3.8, 4) is 0 Å². The zero-order valence-corrected chi connectivity index (χ0v) is 27.7. The van der Waals surface area contributed by atoms with Gasteiger partial charge in [-0.1, -0.05) is 32.4 Å². The summed E-state index contributed by atoms with van der Waals surface area (Å²) in [5.74, 6) is -2.43. The topological polar surface area (TPSA) is 127 Å². The molecule has 8 nitrogen and oxygen atoms in total. The number of Topliss-reactive ketones (excluding diaryl/α,β-unsaturated/α-hetero) is 2. The molecule has 0 heterocycles. The van der Waals surface area contributed by atoms with E-state index in [0.717, 1.165) is 5.57 Å². The molecule has 0 spiro atoms. The van der Waals surface area contributed by atoms with Crippen LogP contribution < -0.4 is 0 Å². The molecule has 8 atom stereocenters. The lowest BCUT2D eigenvalue weighted by atomic mass is 9.39. The van der Waals surface area contributed by atoms with Gasteiger partial charge in [-0.2, -0.15) is 0 Å². The third-order valence-corrected chi connectivity index (χ3v) is 11.5. The second-order valence-electron chi connectivity index (χ2n) is 15.6. The summed E-state index contributed by atoms with van der Waals surface area (Å²) < 4.78 is 11.2. The molecule has 43 heavy (non-hydrogen) atoms. The third kappa shape index (κ3) is 4.87. The van der Waals surface area contributed by atoms with Crippen molar-refractivity contribution in [1.29, 1.82) is 0 Å². The summed E-state index contributed by atoms with van der Waals surface area (Å²) in [6.07, 6.45) is 6.26. The van der Waals surface area contributed by atoms with Gasteiger partial charge in [0.15, 0.2) is 11.5 Å². The molecule has 0 aromatic rings. The number of carbonyl (C=O) groups excluding carboxylic acids is 4. The molecule has 0 bridgehead atoms. The van der Waals surface area contributed by atoms with E-state index in [1.165, 1.54) is 26.0 Å². The Morgan fingerprint density at radius 3 is 2.23 bits per heavy atom. The molecule has 8 heteroatoms. The van der Waals surface area contributed by atoms with Crippen molar-refractivity contribution in [3.63, 3.8) is 0 Å². The summed E-state index contributed by atoms with van der Waals surface area (Å²) in [5, 5.41) is 23.5. The number of rotatable bonds is 7. The molecule has 2 saturated carbocycles. The SMILES string of the molecule is CC(=O)OC(C)(C)/C=C/C(=O)[C@](C)(O)[C@H]1[C@H](O)C[C@@]2(C)[C@@H]3CC=C4[C@@H](C=C(OC(C)C)C(=O)C4(C)C)[C@]3(C)C(=O)C[C@]12C. The zero-order valence-electron chi connectivity index (χ0n) is 27.7. The van der Waals surface area contributed by atoms with Gasteiger partial charge in [-0.25, -0.2) is 0 Å². The van der Waals surface area contributed by atoms with Crippen molar-refractivity contribution < 1.29 is 38.9 Å². The number of hydrogen-bond donors (Lipinski definition) is 2. The van der Waals surface area contributed by atoms with Crippen molar-refractivity contribution in [3.05, 3.63) is 35.6 Å². The lowest BCUT2D eigenvalue weighted by Crippen LogP contribution is -2.64. The molecular weight excluding hydrogens is 548 g/mol. The molecule has 4 aliphatic rings. The second-order valence-corrected chi connectivity index (χ2v) is 15.6. The quantitative estimate of drug-likeness (QED) is 0.237. The minimum absolute atomic E-state index is 0.00717. The maximum absolute atomic E-state index is 14.5. The van der Waals surface area contributed by atoms with E-state index in [0.29, 0.717) is 12.8 Å². The molecule has 0 unspecified atom stereocenters. The van der Waals surface area contributed by atoms with Crippen molar-refractivity contribution in [2.24, 2.45) is 39.4 Å². The van der Waals surface area contributed by atoms with E-state index in [2.05, 4.69) is 13.0 Å². The van der Waals surface area contributed by atoms with Crippen LogP contribution in [0.5, 0.6) is 0 Å². The number of fused-ring (bicyclic) bond motifs is 5. The Kier molecular flexibility index (Phi) is 7.93. The van der Waals surface area contributed by atoms with Crippen LogP contribution in [0.25, 0.3) is 0 Å². The number of allylic oxidation sites excluding steroid dienone is 4. The predicted octanol–water partition coefficient (Wildman–Crippen LogP) is 5.06. The van der Waals surface area contributed by atoms with Gasteiger partial charge in [-0.05, 0) is 96.3 Å². The highest BCUT2D eigenvalue weighted by atomic mass is 16.6. The summed E-state index contributed by atoms with van der Waals surface area (Å²) in [6.45, 7) is 19.5. The first-order chi connectivity index (χ1) is 19.5. The minimum Gasteiger partial charge on any atom is -0.488 e. The van der Waals surface area contributed by atoms with Gasteiger partial charge in [0.1, 0.15) is 17.0 Å². The van der Waals surface area contributed by atoms with Gasteiger partial charge in [0.2, 0.25) is 5.78 Å². The fraction of sp³-hybridized carbons (Fsp3) is 0.714. The van der Waals surface area contributed by atoms with E-state index in [-0.39, 0.29) is 41.7 Å². The molecule has 0 saturated heterocycles. The highest BCUT2D eigenvalue weighted by Gasteiger charge is 2.74. The van der Waals surface area contributed by atoms with Crippen LogP contribution in [-0.4, -0.2) is 56.9 Å². The van der Waals surface area contributed by atoms with E-state index in [4.69, 9.17) is 9.47 Å². The number of ether oxygens (including phenoxy) is 2. The number of ketones is 3. The molecule has 0 radical (unpaired) electrons. The minimum atomic E-state index is -1.99. The molecule has 4 rings (SSSR count). The fourth-order valence-corrected chi connectivity index (χ4v) is 9.30. The van der Waals surface area contributed by atoms with E-state index in [1.54, 1.807) is 13.8 Å². The maximum Gasteiger partial charge on any atom is 0.303 e. The highest BCUT2D eigenvalue weighted by molar-refractivity contribution is 6.02. The molecule has 0 aliphatic heterocycles. The number of aliphatic hydroxyl groups excluding tert-OH is 1. The van der Waals surface area contributed by atoms with Crippen molar-refractivity contribution in [1.82, 2.24) is 0 Å². The highest BCUT2D eigenvalue weighted by Crippen LogP contribution is 2.73. The van der Waals surface area contributed by atoms with Crippen LogP contribution in [0.1, 0.15) is 95.4 Å². The average Bonchev–Trinajstić information content (AvgIpc) is 3.05. The summed E-state index contributed by atoms with van der Waals surface area (Å²) in [5.41, 5.74) is -5.37.